The smallest absolute Gasteiger partial charge is 0.0697 e. The summed E-state index contributed by atoms with van der Waals surface area (Å²) in [6.07, 6.45) is 6.27. The molecular formula is C13H28N2O2. The van der Waals surface area contributed by atoms with Crippen LogP contribution in [0.4, 0.5) is 0 Å². The van der Waals surface area contributed by atoms with Crippen LogP contribution in [0.25, 0.3) is 0 Å². The highest BCUT2D eigenvalue weighted by Crippen LogP contribution is 2.11. The highest BCUT2D eigenvalue weighted by atomic mass is 16.5. The van der Waals surface area contributed by atoms with Gasteiger partial charge in [-0.05, 0) is 45.7 Å². The van der Waals surface area contributed by atoms with Crippen molar-refractivity contribution in [1.82, 2.24) is 10.6 Å². The molecule has 0 aromatic carbocycles. The van der Waals surface area contributed by atoms with Crippen LogP contribution in [0.3, 0.4) is 0 Å². The summed E-state index contributed by atoms with van der Waals surface area (Å²) in [5.74, 6) is 0. The van der Waals surface area contributed by atoms with E-state index in [9.17, 15) is 0 Å². The minimum atomic E-state index is 0.122. The monoisotopic (exact) mass is 244 g/mol. The van der Waals surface area contributed by atoms with Gasteiger partial charge in [0.1, 0.15) is 0 Å². The first-order valence-electron chi connectivity index (χ1n) is 6.98. The molecule has 1 aliphatic rings. The van der Waals surface area contributed by atoms with E-state index in [2.05, 4.69) is 17.6 Å². The van der Waals surface area contributed by atoms with Crippen molar-refractivity contribution in [2.75, 3.05) is 32.9 Å². The fraction of sp³-hybridized carbons (Fsp3) is 1.00. The van der Waals surface area contributed by atoms with Gasteiger partial charge in [-0.25, -0.2) is 0 Å². The molecule has 1 heterocycles. The number of nitrogens with one attached hydrogen (secondary N) is 2. The van der Waals surface area contributed by atoms with Gasteiger partial charge in [0.05, 0.1) is 13.2 Å². The van der Waals surface area contributed by atoms with Crippen LogP contribution in [0.2, 0.25) is 0 Å². The Balaban J connectivity index is 1.91. The molecule has 17 heavy (non-hydrogen) atoms. The molecule has 1 fully saturated rings. The van der Waals surface area contributed by atoms with Crippen LogP contribution < -0.4 is 10.6 Å². The van der Waals surface area contributed by atoms with E-state index >= 15 is 0 Å². The van der Waals surface area contributed by atoms with Gasteiger partial charge in [-0.2, -0.15) is 0 Å². The first-order chi connectivity index (χ1) is 8.33. The third-order valence-corrected chi connectivity index (χ3v) is 3.24. The van der Waals surface area contributed by atoms with E-state index in [1.807, 2.05) is 0 Å². The van der Waals surface area contributed by atoms with Crippen LogP contribution in [0.15, 0.2) is 0 Å². The van der Waals surface area contributed by atoms with E-state index < -0.39 is 0 Å². The zero-order valence-corrected chi connectivity index (χ0v) is 11.1. The lowest BCUT2D eigenvalue weighted by atomic mass is 9.99. The Labute approximate surface area is 105 Å². The average Bonchev–Trinajstić information content (AvgIpc) is 2.35. The molecule has 2 unspecified atom stereocenters. The van der Waals surface area contributed by atoms with Crippen LogP contribution in [-0.2, 0) is 4.74 Å². The molecule has 1 aliphatic heterocycles. The first-order valence-corrected chi connectivity index (χ1v) is 6.98. The van der Waals surface area contributed by atoms with Gasteiger partial charge in [-0.15, -0.1) is 0 Å². The maximum absolute atomic E-state index is 8.55. The molecule has 1 saturated heterocycles. The van der Waals surface area contributed by atoms with Crippen LogP contribution in [0, 0.1) is 0 Å². The fourth-order valence-electron chi connectivity index (χ4n) is 2.32. The topological polar surface area (TPSA) is 53.5 Å². The van der Waals surface area contributed by atoms with E-state index in [0.717, 1.165) is 19.6 Å². The minimum Gasteiger partial charge on any atom is -0.394 e. The second-order valence-corrected chi connectivity index (χ2v) is 4.93. The molecule has 0 aromatic heterocycles. The van der Waals surface area contributed by atoms with Gasteiger partial charge in [0.2, 0.25) is 0 Å². The van der Waals surface area contributed by atoms with Crippen LogP contribution in [0.1, 0.15) is 39.0 Å². The summed E-state index contributed by atoms with van der Waals surface area (Å²) >= 11 is 0. The molecule has 0 amide bonds. The second kappa shape index (κ2) is 9.83. The summed E-state index contributed by atoms with van der Waals surface area (Å²) in [6, 6.07) is 1.28. The van der Waals surface area contributed by atoms with Gasteiger partial charge in [-0.3, -0.25) is 0 Å². The van der Waals surface area contributed by atoms with Crippen molar-refractivity contribution in [1.29, 1.82) is 0 Å². The Morgan fingerprint density at radius 3 is 3.00 bits per heavy atom. The predicted molar refractivity (Wildman–Crippen MR) is 70.2 cm³/mol. The summed E-state index contributed by atoms with van der Waals surface area (Å²) in [5, 5.41) is 15.6. The Hall–Kier alpha value is -0.160. The van der Waals surface area contributed by atoms with Crippen molar-refractivity contribution in [2.45, 2.75) is 51.1 Å². The van der Waals surface area contributed by atoms with Crippen LogP contribution >= 0.6 is 0 Å². The Bertz CT molecular complexity index is 173. The lowest BCUT2D eigenvalue weighted by Crippen LogP contribution is -2.40. The van der Waals surface area contributed by atoms with Gasteiger partial charge >= 0.3 is 0 Å². The Kier molecular flexibility index (Phi) is 8.61. The molecule has 2 atom stereocenters. The van der Waals surface area contributed by atoms with Crippen molar-refractivity contribution in [2.24, 2.45) is 0 Å². The molecule has 0 saturated carbocycles. The maximum Gasteiger partial charge on any atom is 0.0697 e. The number of aliphatic hydroxyl groups is 1. The number of piperidine rings is 1. The maximum atomic E-state index is 8.55. The minimum absolute atomic E-state index is 0.122. The van der Waals surface area contributed by atoms with Crippen molar-refractivity contribution >= 4 is 0 Å². The van der Waals surface area contributed by atoms with E-state index in [4.69, 9.17) is 9.84 Å². The zero-order chi connectivity index (χ0) is 12.3. The number of ether oxygens (including phenoxy) is 1. The molecule has 0 radical (unpaired) electrons. The van der Waals surface area contributed by atoms with Crippen molar-refractivity contribution < 1.29 is 9.84 Å². The molecule has 0 aliphatic carbocycles. The standard InChI is InChI=1S/C13H28N2O2/c1-12(11-13-5-2-3-6-15-13)14-7-4-9-17-10-8-16/h12-16H,2-11H2,1H3. The van der Waals surface area contributed by atoms with Gasteiger partial charge in [0.15, 0.2) is 0 Å². The quantitative estimate of drug-likeness (QED) is 0.527. The lowest BCUT2D eigenvalue weighted by molar-refractivity contribution is 0.0903. The number of hydrogen-bond acceptors (Lipinski definition) is 4. The Morgan fingerprint density at radius 1 is 1.41 bits per heavy atom. The van der Waals surface area contributed by atoms with Gasteiger partial charge in [0.25, 0.3) is 0 Å². The van der Waals surface area contributed by atoms with Crippen LogP contribution in [-0.4, -0.2) is 50.1 Å². The van der Waals surface area contributed by atoms with E-state index in [0.29, 0.717) is 18.7 Å². The molecule has 0 aromatic rings. The molecule has 102 valence electrons. The summed E-state index contributed by atoms with van der Waals surface area (Å²) in [5.41, 5.74) is 0. The highest BCUT2D eigenvalue weighted by molar-refractivity contribution is 4.76. The van der Waals surface area contributed by atoms with Crippen LogP contribution in [0.5, 0.6) is 0 Å². The van der Waals surface area contributed by atoms with E-state index in [1.165, 1.54) is 32.2 Å². The van der Waals surface area contributed by atoms with Crippen molar-refractivity contribution in [3.8, 4) is 0 Å². The predicted octanol–water partition coefficient (Wildman–Crippen LogP) is 0.896. The first kappa shape index (κ1) is 14.9. The molecule has 0 bridgehead atoms. The molecule has 4 heteroatoms. The summed E-state index contributed by atoms with van der Waals surface area (Å²) in [4.78, 5) is 0. The summed E-state index contributed by atoms with van der Waals surface area (Å²) < 4.78 is 5.21. The average molecular weight is 244 g/mol. The molecular weight excluding hydrogens is 216 g/mol. The molecule has 0 spiro atoms. The molecule has 3 N–H and O–H groups in total. The highest BCUT2D eigenvalue weighted by Gasteiger charge is 2.14. The summed E-state index contributed by atoms with van der Waals surface area (Å²) in [7, 11) is 0. The summed E-state index contributed by atoms with van der Waals surface area (Å²) in [6.45, 7) is 5.76. The number of hydrogen-bond donors (Lipinski definition) is 3. The number of aliphatic hydroxyl groups excluding tert-OH is 1. The zero-order valence-electron chi connectivity index (χ0n) is 11.1. The Morgan fingerprint density at radius 2 is 2.29 bits per heavy atom. The van der Waals surface area contributed by atoms with Gasteiger partial charge in [-0.1, -0.05) is 6.42 Å². The van der Waals surface area contributed by atoms with Crippen molar-refractivity contribution in [3.63, 3.8) is 0 Å². The van der Waals surface area contributed by atoms with E-state index in [-0.39, 0.29) is 6.61 Å². The SMILES string of the molecule is CC(CC1CCCCN1)NCCCOCCO. The van der Waals surface area contributed by atoms with Gasteiger partial charge < -0.3 is 20.5 Å². The van der Waals surface area contributed by atoms with Crippen molar-refractivity contribution in [3.05, 3.63) is 0 Å². The molecule has 1 rings (SSSR count). The number of rotatable bonds is 9. The fourth-order valence-corrected chi connectivity index (χ4v) is 2.32. The normalized spacial score (nSPS) is 22.6. The van der Waals surface area contributed by atoms with Gasteiger partial charge in [0, 0.05) is 18.7 Å². The third-order valence-electron chi connectivity index (χ3n) is 3.24. The van der Waals surface area contributed by atoms with E-state index in [1.54, 1.807) is 0 Å². The lowest BCUT2D eigenvalue weighted by Gasteiger charge is -2.26. The largest absolute Gasteiger partial charge is 0.394 e. The third kappa shape index (κ3) is 7.71. The second-order valence-electron chi connectivity index (χ2n) is 4.93. The molecule has 4 nitrogen and oxygen atoms in total.